The van der Waals surface area contributed by atoms with Crippen LogP contribution in [0.5, 0.6) is 0 Å². The van der Waals surface area contributed by atoms with Crippen molar-refractivity contribution in [3.8, 4) is 11.1 Å². The zero-order valence-electron chi connectivity index (χ0n) is 19.2. The maximum atomic E-state index is 13.6. The molecule has 8 heteroatoms. The van der Waals surface area contributed by atoms with E-state index in [1.54, 1.807) is 19.3 Å². The molecule has 2 amide bonds. The summed E-state index contributed by atoms with van der Waals surface area (Å²) >= 11 is 0. The van der Waals surface area contributed by atoms with Gasteiger partial charge in [0.25, 0.3) is 5.91 Å². The minimum atomic E-state index is -0.0436. The van der Waals surface area contributed by atoms with Crippen LogP contribution in [0.2, 0.25) is 0 Å². The summed E-state index contributed by atoms with van der Waals surface area (Å²) in [6.07, 6.45) is 3.57. The fourth-order valence-corrected chi connectivity index (χ4v) is 4.63. The van der Waals surface area contributed by atoms with Crippen molar-refractivity contribution >= 4 is 23.3 Å². The normalized spacial score (nSPS) is 18.5. The van der Waals surface area contributed by atoms with Gasteiger partial charge in [0, 0.05) is 57.1 Å². The molecule has 5 rings (SSSR count). The van der Waals surface area contributed by atoms with E-state index in [2.05, 4.69) is 21.9 Å². The van der Waals surface area contributed by atoms with Crippen molar-refractivity contribution in [3.05, 3.63) is 60.0 Å². The van der Waals surface area contributed by atoms with Gasteiger partial charge in [-0.3, -0.25) is 14.3 Å². The number of piperazine rings is 1. The molecular weight excluding hydrogens is 416 g/mol. The lowest BCUT2D eigenvalue weighted by Crippen LogP contribution is -2.48. The van der Waals surface area contributed by atoms with Crippen LogP contribution in [0.15, 0.2) is 48.8 Å². The second kappa shape index (κ2) is 8.35. The zero-order chi connectivity index (χ0) is 23.1. The lowest BCUT2D eigenvalue weighted by molar-refractivity contribution is -0.129. The number of hydrogen-bond acceptors (Lipinski definition) is 5. The van der Waals surface area contributed by atoms with Gasteiger partial charge in [-0.25, -0.2) is 4.98 Å². The fraction of sp³-hybridized carbons (Fsp3) is 0.360. The molecule has 0 aliphatic carbocycles. The molecule has 0 radical (unpaired) electrons. The minimum Gasteiger partial charge on any atom is -0.353 e. The van der Waals surface area contributed by atoms with Gasteiger partial charge in [-0.15, -0.1) is 0 Å². The van der Waals surface area contributed by atoms with Gasteiger partial charge in [0.1, 0.15) is 11.5 Å². The van der Waals surface area contributed by atoms with E-state index in [0.717, 1.165) is 41.3 Å². The number of pyridine rings is 1. The van der Waals surface area contributed by atoms with Crippen LogP contribution in [0.25, 0.3) is 11.1 Å². The molecule has 0 N–H and O–H groups in total. The van der Waals surface area contributed by atoms with Crippen molar-refractivity contribution in [3.63, 3.8) is 0 Å². The summed E-state index contributed by atoms with van der Waals surface area (Å²) in [7, 11) is 0. The van der Waals surface area contributed by atoms with E-state index in [9.17, 15) is 9.59 Å². The number of aromatic nitrogens is 3. The lowest BCUT2D eigenvalue weighted by atomic mass is 10.0. The molecule has 0 bridgehead atoms. The standard InChI is InChI=1S/C25H28N6O2/c1-17-4-6-21(7-5-17)30-16-18(2)31-24(25(30)33)22(15-27-31)20-8-9-26-23(14-20)29-12-10-28(11-13-29)19(3)32/h4-9,14-15,18H,10-13,16H2,1-3H3/t18-/m0/s1. The van der Waals surface area contributed by atoms with Gasteiger partial charge in [-0.05, 0) is 43.7 Å². The average Bonchev–Trinajstić information content (AvgIpc) is 3.28. The van der Waals surface area contributed by atoms with Gasteiger partial charge >= 0.3 is 0 Å². The number of aryl methyl sites for hydroxylation is 1. The van der Waals surface area contributed by atoms with Crippen molar-refractivity contribution in [2.75, 3.05) is 42.5 Å². The maximum Gasteiger partial charge on any atom is 0.277 e. The number of carbonyl (C=O) groups is 2. The molecule has 4 heterocycles. The number of carbonyl (C=O) groups excluding carboxylic acids is 2. The molecule has 33 heavy (non-hydrogen) atoms. The van der Waals surface area contributed by atoms with Gasteiger partial charge < -0.3 is 14.7 Å². The molecule has 0 saturated carbocycles. The Hall–Kier alpha value is -3.68. The van der Waals surface area contributed by atoms with Crippen LogP contribution in [0.3, 0.4) is 0 Å². The predicted octanol–water partition coefficient (Wildman–Crippen LogP) is 3.14. The zero-order valence-corrected chi connectivity index (χ0v) is 19.2. The highest BCUT2D eigenvalue weighted by molar-refractivity contribution is 6.09. The second-order valence-corrected chi connectivity index (χ2v) is 8.85. The van der Waals surface area contributed by atoms with Crippen molar-refractivity contribution in [1.29, 1.82) is 0 Å². The molecule has 2 aromatic heterocycles. The van der Waals surface area contributed by atoms with Crippen LogP contribution in [0.4, 0.5) is 11.5 Å². The molecule has 3 aromatic rings. The van der Waals surface area contributed by atoms with Crippen molar-refractivity contribution < 1.29 is 9.59 Å². The van der Waals surface area contributed by atoms with E-state index >= 15 is 0 Å². The van der Waals surface area contributed by atoms with E-state index in [-0.39, 0.29) is 17.9 Å². The highest BCUT2D eigenvalue weighted by Crippen LogP contribution is 2.33. The largest absolute Gasteiger partial charge is 0.353 e. The Morgan fingerprint density at radius 3 is 2.48 bits per heavy atom. The third kappa shape index (κ3) is 3.86. The molecule has 0 unspecified atom stereocenters. The number of rotatable bonds is 3. The topological polar surface area (TPSA) is 74.6 Å². The van der Waals surface area contributed by atoms with Gasteiger partial charge in [0.15, 0.2) is 0 Å². The summed E-state index contributed by atoms with van der Waals surface area (Å²) in [5, 5.41) is 4.57. The van der Waals surface area contributed by atoms with Crippen LogP contribution in [0, 0.1) is 6.92 Å². The molecule has 2 aliphatic heterocycles. The molecule has 170 valence electrons. The summed E-state index contributed by atoms with van der Waals surface area (Å²) in [5.41, 5.74) is 4.40. The molecule has 1 atom stereocenters. The Morgan fingerprint density at radius 2 is 1.79 bits per heavy atom. The molecule has 8 nitrogen and oxygen atoms in total. The number of hydrogen-bond donors (Lipinski definition) is 0. The summed E-state index contributed by atoms with van der Waals surface area (Å²) in [4.78, 5) is 35.7. The smallest absolute Gasteiger partial charge is 0.277 e. The van der Waals surface area contributed by atoms with Crippen LogP contribution < -0.4 is 9.80 Å². The van der Waals surface area contributed by atoms with Gasteiger partial charge in [0.2, 0.25) is 5.91 Å². The van der Waals surface area contributed by atoms with E-state index in [1.807, 2.05) is 57.8 Å². The van der Waals surface area contributed by atoms with E-state index in [4.69, 9.17) is 0 Å². The molecule has 1 aromatic carbocycles. The summed E-state index contributed by atoms with van der Waals surface area (Å²) in [6.45, 7) is 9.16. The van der Waals surface area contributed by atoms with Gasteiger partial charge in [-0.2, -0.15) is 5.10 Å². The highest BCUT2D eigenvalue weighted by atomic mass is 16.2. The first-order valence-electron chi connectivity index (χ1n) is 11.4. The minimum absolute atomic E-state index is 0.0436. The number of anilines is 2. The number of fused-ring (bicyclic) bond motifs is 1. The predicted molar refractivity (Wildman–Crippen MR) is 127 cm³/mol. The first-order chi connectivity index (χ1) is 15.9. The van der Waals surface area contributed by atoms with Crippen LogP contribution in [0.1, 0.15) is 35.9 Å². The Bertz CT molecular complexity index is 1190. The molecule has 1 fully saturated rings. The van der Waals surface area contributed by atoms with Crippen LogP contribution >= 0.6 is 0 Å². The van der Waals surface area contributed by atoms with Crippen molar-refractivity contribution in [2.45, 2.75) is 26.8 Å². The Morgan fingerprint density at radius 1 is 1.06 bits per heavy atom. The maximum absolute atomic E-state index is 13.6. The molecule has 0 spiro atoms. The fourth-order valence-electron chi connectivity index (χ4n) is 4.63. The Labute approximate surface area is 193 Å². The SMILES string of the molecule is CC(=O)N1CCN(c2cc(-c3cnn4c3C(=O)N(c3ccc(C)cc3)C[C@@H]4C)ccn2)CC1. The van der Waals surface area contributed by atoms with E-state index in [1.165, 1.54) is 0 Å². The number of benzene rings is 1. The summed E-state index contributed by atoms with van der Waals surface area (Å²) < 4.78 is 1.84. The van der Waals surface area contributed by atoms with Gasteiger partial charge in [-0.1, -0.05) is 17.7 Å². The van der Waals surface area contributed by atoms with Crippen LogP contribution in [-0.2, 0) is 4.79 Å². The highest BCUT2D eigenvalue weighted by Gasteiger charge is 2.34. The lowest BCUT2D eigenvalue weighted by Gasteiger charge is -2.35. The third-order valence-electron chi connectivity index (χ3n) is 6.56. The van der Waals surface area contributed by atoms with E-state index in [0.29, 0.717) is 25.3 Å². The number of amides is 2. The average molecular weight is 445 g/mol. The van der Waals surface area contributed by atoms with Gasteiger partial charge in [0.05, 0.1) is 12.2 Å². The first-order valence-corrected chi connectivity index (χ1v) is 11.4. The first kappa shape index (κ1) is 21.2. The molecule has 2 aliphatic rings. The number of nitrogens with zero attached hydrogens (tertiary/aromatic N) is 6. The monoisotopic (exact) mass is 444 g/mol. The van der Waals surface area contributed by atoms with Crippen LogP contribution in [-0.4, -0.2) is 64.2 Å². The van der Waals surface area contributed by atoms with Crippen molar-refractivity contribution in [1.82, 2.24) is 19.7 Å². The summed E-state index contributed by atoms with van der Waals surface area (Å²) in [6, 6.07) is 12.1. The van der Waals surface area contributed by atoms with Crippen molar-refractivity contribution in [2.24, 2.45) is 0 Å². The second-order valence-electron chi connectivity index (χ2n) is 8.85. The molecular formula is C25H28N6O2. The Balaban J connectivity index is 1.46. The third-order valence-corrected chi connectivity index (χ3v) is 6.56. The summed E-state index contributed by atoms with van der Waals surface area (Å²) in [5.74, 6) is 0.911. The Kier molecular flexibility index (Phi) is 5.36. The molecule has 1 saturated heterocycles. The quantitative estimate of drug-likeness (QED) is 0.621. The van der Waals surface area contributed by atoms with E-state index < -0.39 is 0 Å².